The summed E-state index contributed by atoms with van der Waals surface area (Å²) < 4.78 is 6.09. The molecular formula is C22H27N5O4S2. The lowest BCUT2D eigenvalue weighted by Gasteiger charge is -2.33. The third-order valence-corrected chi connectivity index (χ3v) is 8.15. The van der Waals surface area contributed by atoms with Crippen molar-refractivity contribution in [2.24, 2.45) is 11.3 Å². The lowest BCUT2D eigenvalue weighted by Crippen LogP contribution is -2.31. The van der Waals surface area contributed by atoms with Crippen LogP contribution in [0.5, 0.6) is 0 Å². The normalized spacial score (nSPS) is 16.0. The van der Waals surface area contributed by atoms with E-state index in [1.807, 2.05) is 0 Å². The zero-order valence-electron chi connectivity index (χ0n) is 19.4. The van der Waals surface area contributed by atoms with Gasteiger partial charge < -0.3 is 10.1 Å². The average Bonchev–Trinajstić information content (AvgIpc) is 3.29. The largest absolute Gasteiger partial charge is 0.462 e. The first-order chi connectivity index (χ1) is 15.6. The molecule has 0 unspecified atom stereocenters. The van der Waals surface area contributed by atoms with E-state index in [1.165, 1.54) is 16.2 Å². The number of aryl methyl sites for hydroxylation is 2. The average molecular weight is 490 g/mol. The van der Waals surface area contributed by atoms with E-state index in [-0.39, 0.29) is 29.3 Å². The van der Waals surface area contributed by atoms with Gasteiger partial charge in [-0.2, -0.15) is 0 Å². The third-order valence-electron chi connectivity index (χ3n) is 5.96. The van der Waals surface area contributed by atoms with Gasteiger partial charge in [0.25, 0.3) is 5.56 Å². The van der Waals surface area contributed by atoms with E-state index in [0.29, 0.717) is 26.7 Å². The van der Waals surface area contributed by atoms with Crippen LogP contribution in [0.1, 0.15) is 59.9 Å². The number of carbonyl (C=O) groups excluding carboxylic acids is 2. The fourth-order valence-corrected chi connectivity index (χ4v) is 6.21. The SMILES string of the molecule is CCOC(=O)c1sc(NC(=O)Cn2nnc3sc4c(c3c2=O)CC[C@H](C(C)(C)C)C4)nc1C. The smallest absolute Gasteiger partial charge is 0.350 e. The molecule has 1 N–H and O–H groups in total. The van der Waals surface area contributed by atoms with Crippen LogP contribution in [0.2, 0.25) is 0 Å². The van der Waals surface area contributed by atoms with E-state index in [4.69, 9.17) is 4.74 Å². The molecule has 33 heavy (non-hydrogen) atoms. The van der Waals surface area contributed by atoms with E-state index in [0.717, 1.165) is 40.8 Å². The number of aromatic nitrogens is 4. The minimum atomic E-state index is -0.475. The highest BCUT2D eigenvalue weighted by molar-refractivity contribution is 7.18. The molecular weight excluding hydrogens is 462 g/mol. The van der Waals surface area contributed by atoms with Gasteiger partial charge in [0.2, 0.25) is 5.91 Å². The second-order valence-electron chi connectivity index (χ2n) is 9.24. The van der Waals surface area contributed by atoms with Crippen molar-refractivity contribution in [2.75, 3.05) is 11.9 Å². The predicted octanol–water partition coefficient (Wildman–Crippen LogP) is 3.58. The van der Waals surface area contributed by atoms with Crippen LogP contribution in [-0.4, -0.2) is 38.5 Å². The van der Waals surface area contributed by atoms with Crippen molar-refractivity contribution >= 4 is 49.9 Å². The van der Waals surface area contributed by atoms with Crippen molar-refractivity contribution in [1.29, 1.82) is 0 Å². The molecule has 0 fully saturated rings. The molecule has 3 aromatic rings. The number of esters is 1. The molecule has 1 atom stereocenters. The molecule has 0 saturated carbocycles. The summed E-state index contributed by atoms with van der Waals surface area (Å²) in [6.07, 6.45) is 2.79. The maximum absolute atomic E-state index is 13.2. The Hall–Kier alpha value is -2.66. The number of rotatable bonds is 5. The molecule has 1 aliphatic rings. The Morgan fingerprint density at radius 2 is 2.03 bits per heavy atom. The van der Waals surface area contributed by atoms with Crippen LogP contribution in [0.4, 0.5) is 5.13 Å². The number of carbonyl (C=O) groups is 2. The molecule has 1 aliphatic carbocycles. The summed E-state index contributed by atoms with van der Waals surface area (Å²) in [5, 5.41) is 11.7. The van der Waals surface area contributed by atoms with Gasteiger partial charge in [-0.05, 0) is 50.0 Å². The Morgan fingerprint density at radius 3 is 2.73 bits per heavy atom. The van der Waals surface area contributed by atoms with Crippen LogP contribution >= 0.6 is 22.7 Å². The summed E-state index contributed by atoms with van der Waals surface area (Å²) >= 11 is 2.57. The minimum absolute atomic E-state index is 0.208. The van der Waals surface area contributed by atoms with Gasteiger partial charge in [0.15, 0.2) is 9.96 Å². The maximum atomic E-state index is 13.2. The van der Waals surface area contributed by atoms with Gasteiger partial charge in [-0.1, -0.05) is 37.3 Å². The summed E-state index contributed by atoms with van der Waals surface area (Å²) in [6.45, 7) is 10.1. The molecule has 9 nitrogen and oxygen atoms in total. The van der Waals surface area contributed by atoms with Crippen molar-refractivity contribution in [3.63, 3.8) is 0 Å². The number of anilines is 1. The number of ether oxygens (including phenoxy) is 1. The van der Waals surface area contributed by atoms with Crippen LogP contribution in [0, 0.1) is 18.3 Å². The number of hydrogen-bond donors (Lipinski definition) is 1. The number of hydrogen-bond acceptors (Lipinski definition) is 9. The van der Waals surface area contributed by atoms with Gasteiger partial charge in [-0.25, -0.2) is 14.5 Å². The molecule has 11 heteroatoms. The van der Waals surface area contributed by atoms with E-state index in [1.54, 1.807) is 13.8 Å². The summed E-state index contributed by atoms with van der Waals surface area (Å²) in [4.78, 5) is 44.1. The summed E-state index contributed by atoms with van der Waals surface area (Å²) in [6, 6.07) is 0. The van der Waals surface area contributed by atoms with Gasteiger partial charge in [0, 0.05) is 4.88 Å². The third kappa shape index (κ3) is 4.70. The summed E-state index contributed by atoms with van der Waals surface area (Å²) in [5.74, 6) is -0.386. The molecule has 0 bridgehead atoms. The van der Waals surface area contributed by atoms with Gasteiger partial charge >= 0.3 is 5.97 Å². The van der Waals surface area contributed by atoms with E-state index in [2.05, 4.69) is 41.4 Å². The lowest BCUT2D eigenvalue weighted by atomic mass is 9.72. The topological polar surface area (TPSA) is 116 Å². The zero-order valence-corrected chi connectivity index (χ0v) is 21.0. The first-order valence-electron chi connectivity index (χ1n) is 10.9. The molecule has 3 aromatic heterocycles. The number of amides is 1. The van der Waals surface area contributed by atoms with Gasteiger partial charge in [-0.3, -0.25) is 9.59 Å². The Bertz CT molecular complexity index is 1280. The van der Waals surface area contributed by atoms with Crippen LogP contribution in [0.3, 0.4) is 0 Å². The highest BCUT2D eigenvalue weighted by Gasteiger charge is 2.32. The Kier molecular flexibility index (Phi) is 6.37. The van der Waals surface area contributed by atoms with Crippen molar-refractivity contribution in [3.8, 4) is 0 Å². The van der Waals surface area contributed by atoms with Crippen LogP contribution in [-0.2, 0) is 28.9 Å². The van der Waals surface area contributed by atoms with Crippen LogP contribution in [0.25, 0.3) is 10.2 Å². The second-order valence-corrected chi connectivity index (χ2v) is 11.3. The summed E-state index contributed by atoms with van der Waals surface area (Å²) in [5.41, 5.74) is 1.44. The number of thiazole rings is 1. The van der Waals surface area contributed by atoms with E-state index >= 15 is 0 Å². The minimum Gasteiger partial charge on any atom is -0.462 e. The van der Waals surface area contributed by atoms with E-state index < -0.39 is 11.9 Å². The highest BCUT2D eigenvalue weighted by Crippen LogP contribution is 2.41. The van der Waals surface area contributed by atoms with Crippen molar-refractivity contribution in [2.45, 2.75) is 60.4 Å². The Balaban J connectivity index is 1.54. The second kappa shape index (κ2) is 8.94. The summed E-state index contributed by atoms with van der Waals surface area (Å²) in [7, 11) is 0. The predicted molar refractivity (Wildman–Crippen MR) is 128 cm³/mol. The Labute approximate surface area is 199 Å². The molecule has 176 valence electrons. The Morgan fingerprint density at radius 1 is 1.27 bits per heavy atom. The van der Waals surface area contributed by atoms with Crippen molar-refractivity contribution < 1.29 is 14.3 Å². The maximum Gasteiger partial charge on any atom is 0.350 e. The molecule has 4 rings (SSSR count). The molecule has 0 spiro atoms. The first kappa shape index (κ1) is 23.5. The monoisotopic (exact) mass is 489 g/mol. The van der Waals surface area contributed by atoms with Crippen molar-refractivity contribution in [3.05, 3.63) is 31.4 Å². The highest BCUT2D eigenvalue weighted by atomic mass is 32.1. The number of fused-ring (bicyclic) bond motifs is 3. The number of nitrogens with one attached hydrogen (secondary N) is 1. The van der Waals surface area contributed by atoms with Crippen LogP contribution in [0.15, 0.2) is 4.79 Å². The van der Waals surface area contributed by atoms with Gasteiger partial charge in [-0.15, -0.1) is 16.4 Å². The quantitative estimate of drug-likeness (QED) is 0.545. The number of thiophene rings is 1. The van der Waals surface area contributed by atoms with Crippen LogP contribution < -0.4 is 10.9 Å². The molecule has 0 saturated heterocycles. The molecule has 0 aromatic carbocycles. The lowest BCUT2D eigenvalue weighted by molar-refractivity contribution is -0.117. The molecule has 3 heterocycles. The standard InChI is InChI=1S/C22H27N5O4S2/c1-6-31-20(30)17-11(2)23-21(33-17)24-15(28)10-27-19(29)16-13-8-7-12(22(3,4)5)9-14(13)32-18(16)25-26-27/h12H,6-10H2,1-5H3,(H,23,24,28)/t12-/m0/s1. The van der Waals surface area contributed by atoms with E-state index in [9.17, 15) is 14.4 Å². The fraction of sp³-hybridized carbons (Fsp3) is 0.545. The van der Waals surface area contributed by atoms with Crippen molar-refractivity contribution in [1.82, 2.24) is 20.0 Å². The molecule has 1 amide bonds. The molecule has 0 aliphatic heterocycles. The zero-order chi connectivity index (χ0) is 23.9. The van der Waals surface area contributed by atoms with Gasteiger partial charge in [0.05, 0.1) is 17.7 Å². The fourth-order valence-electron chi connectivity index (χ4n) is 4.10. The number of nitrogens with zero attached hydrogens (tertiary/aromatic N) is 4. The first-order valence-corrected chi connectivity index (χ1v) is 12.5. The van der Waals surface area contributed by atoms with Gasteiger partial charge in [0.1, 0.15) is 11.4 Å². The molecule has 0 radical (unpaired) electrons.